The van der Waals surface area contributed by atoms with Gasteiger partial charge in [-0.2, -0.15) is 0 Å². The fraction of sp³-hybridized carbons (Fsp3) is 0.842. The molecule has 2 aliphatic heterocycles. The largest absolute Gasteiger partial charge is 0.344 e. The standard InChI is InChI=1S/C19H34N4O3.ClH/c1-13(2)10-16(24)21-18(14(3)4)19(26)22-8-5-6-15(12-22)23-9-7-20-11-17(23)25;/h13-15,18,20H,5-12H2,1-4H3,(H,21,24);1H. The van der Waals surface area contributed by atoms with Gasteiger partial charge in [-0.25, -0.2) is 0 Å². The fourth-order valence-corrected chi connectivity index (χ4v) is 3.73. The van der Waals surface area contributed by atoms with Crippen molar-refractivity contribution in [2.24, 2.45) is 11.8 Å². The number of nitrogens with zero attached hydrogens (tertiary/aromatic N) is 2. The first-order chi connectivity index (χ1) is 12.3. The molecule has 0 aromatic heterocycles. The van der Waals surface area contributed by atoms with Gasteiger partial charge in [-0.1, -0.05) is 27.7 Å². The Labute approximate surface area is 169 Å². The monoisotopic (exact) mass is 402 g/mol. The maximum Gasteiger partial charge on any atom is 0.245 e. The lowest BCUT2D eigenvalue weighted by Crippen LogP contribution is -2.60. The second kappa shape index (κ2) is 10.9. The minimum Gasteiger partial charge on any atom is -0.344 e. The minimum atomic E-state index is -0.501. The van der Waals surface area contributed by atoms with Crippen molar-refractivity contribution in [3.8, 4) is 0 Å². The van der Waals surface area contributed by atoms with Crippen LogP contribution in [0.3, 0.4) is 0 Å². The van der Waals surface area contributed by atoms with Gasteiger partial charge in [-0.3, -0.25) is 14.4 Å². The Bertz CT molecular complexity index is 527. The molecule has 2 unspecified atom stereocenters. The summed E-state index contributed by atoms with van der Waals surface area (Å²) in [5.74, 6) is 0.305. The summed E-state index contributed by atoms with van der Waals surface area (Å²) >= 11 is 0. The molecule has 2 aliphatic rings. The number of carbonyl (C=O) groups excluding carboxylic acids is 3. The molecule has 2 saturated heterocycles. The maximum atomic E-state index is 13.1. The first-order valence-corrected chi connectivity index (χ1v) is 9.88. The van der Waals surface area contributed by atoms with Crippen LogP contribution in [0.15, 0.2) is 0 Å². The van der Waals surface area contributed by atoms with Crippen molar-refractivity contribution in [1.82, 2.24) is 20.4 Å². The lowest BCUT2D eigenvalue weighted by Gasteiger charge is -2.42. The number of amides is 3. The van der Waals surface area contributed by atoms with Gasteiger partial charge in [-0.15, -0.1) is 12.4 Å². The lowest BCUT2D eigenvalue weighted by atomic mass is 9.98. The van der Waals surface area contributed by atoms with Crippen LogP contribution in [0.25, 0.3) is 0 Å². The normalized spacial score (nSPS) is 21.9. The van der Waals surface area contributed by atoms with Gasteiger partial charge in [0.05, 0.1) is 6.54 Å². The van der Waals surface area contributed by atoms with Gasteiger partial charge in [0.1, 0.15) is 6.04 Å². The summed E-state index contributed by atoms with van der Waals surface area (Å²) in [5.41, 5.74) is 0. The van der Waals surface area contributed by atoms with Crippen molar-refractivity contribution in [2.75, 3.05) is 32.7 Å². The number of nitrogens with one attached hydrogen (secondary N) is 2. The van der Waals surface area contributed by atoms with Gasteiger partial charge in [0.15, 0.2) is 0 Å². The molecule has 7 nitrogen and oxygen atoms in total. The molecule has 0 radical (unpaired) electrons. The number of halogens is 1. The van der Waals surface area contributed by atoms with Crippen molar-refractivity contribution in [1.29, 1.82) is 0 Å². The number of hydrogen-bond donors (Lipinski definition) is 2. The number of carbonyl (C=O) groups is 3. The first kappa shape index (κ1) is 23.7. The average Bonchev–Trinajstić information content (AvgIpc) is 2.59. The van der Waals surface area contributed by atoms with E-state index in [9.17, 15) is 14.4 Å². The highest BCUT2D eigenvalue weighted by atomic mass is 35.5. The Morgan fingerprint density at radius 1 is 1.22 bits per heavy atom. The molecule has 156 valence electrons. The number of likely N-dealkylation sites (tertiary alicyclic amines) is 1. The first-order valence-electron chi connectivity index (χ1n) is 9.88. The molecule has 2 fully saturated rings. The predicted molar refractivity (Wildman–Crippen MR) is 108 cm³/mol. The van der Waals surface area contributed by atoms with Crippen LogP contribution < -0.4 is 10.6 Å². The lowest BCUT2D eigenvalue weighted by molar-refractivity contribution is -0.143. The molecular formula is C19H35ClN4O3. The summed E-state index contributed by atoms with van der Waals surface area (Å²) in [6.45, 7) is 11.0. The van der Waals surface area contributed by atoms with Crippen molar-refractivity contribution >= 4 is 30.1 Å². The molecule has 0 bridgehead atoms. The molecule has 8 heteroatoms. The van der Waals surface area contributed by atoms with Crippen molar-refractivity contribution in [3.05, 3.63) is 0 Å². The van der Waals surface area contributed by atoms with Gasteiger partial charge < -0.3 is 20.4 Å². The van der Waals surface area contributed by atoms with E-state index in [0.29, 0.717) is 32.6 Å². The molecule has 2 atom stereocenters. The van der Waals surface area contributed by atoms with Crippen LogP contribution in [0.2, 0.25) is 0 Å². The summed E-state index contributed by atoms with van der Waals surface area (Å²) in [4.78, 5) is 41.1. The van der Waals surface area contributed by atoms with Crippen LogP contribution in [-0.2, 0) is 14.4 Å². The zero-order valence-corrected chi connectivity index (χ0v) is 17.8. The number of rotatable bonds is 6. The second-order valence-corrected chi connectivity index (χ2v) is 8.23. The summed E-state index contributed by atoms with van der Waals surface area (Å²) in [5, 5.41) is 6.02. The third-order valence-electron chi connectivity index (χ3n) is 5.12. The molecule has 3 amide bonds. The molecule has 0 aromatic carbocycles. The molecule has 0 spiro atoms. The molecule has 27 heavy (non-hydrogen) atoms. The van der Waals surface area contributed by atoms with E-state index in [0.717, 1.165) is 19.4 Å². The quantitative estimate of drug-likeness (QED) is 0.695. The Morgan fingerprint density at radius 3 is 2.52 bits per heavy atom. The van der Waals surface area contributed by atoms with Crippen LogP contribution in [-0.4, -0.2) is 72.3 Å². The van der Waals surface area contributed by atoms with Gasteiger partial charge in [0.2, 0.25) is 17.7 Å². The van der Waals surface area contributed by atoms with Crippen molar-refractivity contribution in [2.45, 2.75) is 59.0 Å². The Balaban J connectivity index is 0.00000364. The minimum absolute atomic E-state index is 0. The van der Waals surface area contributed by atoms with Gasteiger partial charge in [-0.05, 0) is 24.7 Å². The van der Waals surface area contributed by atoms with Gasteiger partial charge >= 0.3 is 0 Å². The van der Waals surface area contributed by atoms with Crippen LogP contribution in [0.1, 0.15) is 47.0 Å². The highest BCUT2D eigenvalue weighted by Crippen LogP contribution is 2.19. The molecule has 0 saturated carbocycles. The molecule has 2 rings (SSSR count). The van der Waals surface area contributed by atoms with Crippen molar-refractivity contribution < 1.29 is 14.4 Å². The average molecular weight is 403 g/mol. The van der Waals surface area contributed by atoms with Crippen LogP contribution in [0, 0.1) is 11.8 Å². The molecule has 0 aromatic rings. The smallest absolute Gasteiger partial charge is 0.245 e. The van der Waals surface area contributed by atoms with E-state index in [4.69, 9.17) is 0 Å². The van der Waals surface area contributed by atoms with E-state index in [1.807, 2.05) is 37.5 Å². The van der Waals surface area contributed by atoms with E-state index in [1.165, 1.54) is 0 Å². The Kier molecular flexibility index (Phi) is 9.53. The third-order valence-corrected chi connectivity index (χ3v) is 5.12. The Morgan fingerprint density at radius 2 is 1.93 bits per heavy atom. The number of piperidine rings is 1. The predicted octanol–water partition coefficient (Wildman–Crippen LogP) is 1.02. The Hall–Kier alpha value is -1.34. The van der Waals surface area contributed by atoms with Gasteiger partial charge in [0.25, 0.3) is 0 Å². The van der Waals surface area contributed by atoms with E-state index >= 15 is 0 Å². The summed E-state index contributed by atoms with van der Waals surface area (Å²) < 4.78 is 0. The van der Waals surface area contributed by atoms with Crippen LogP contribution in [0.4, 0.5) is 0 Å². The van der Waals surface area contributed by atoms with Crippen LogP contribution >= 0.6 is 12.4 Å². The van der Waals surface area contributed by atoms with Gasteiger partial charge in [0, 0.05) is 38.6 Å². The number of hydrogen-bond acceptors (Lipinski definition) is 4. The third kappa shape index (κ3) is 6.64. The topological polar surface area (TPSA) is 81.8 Å². The van der Waals surface area contributed by atoms with E-state index in [1.54, 1.807) is 0 Å². The molecule has 2 heterocycles. The zero-order chi connectivity index (χ0) is 19.3. The summed E-state index contributed by atoms with van der Waals surface area (Å²) in [6.07, 6.45) is 2.24. The molecule has 2 N–H and O–H groups in total. The zero-order valence-electron chi connectivity index (χ0n) is 17.0. The van der Waals surface area contributed by atoms with E-state index in [2.05, 4.69) is 10.6 Å². The summed E-state index contributed by atoms with van der Waals surface area (Å²) in [6, 6.07) is -0.416. The van der Waals surface area contributed by atoms with E-state index in [-0.39, 0.29) is 48.0 Å². The van der Waals surface area contributed by atoms with Crippen LogP contribution in [0.5, 0.6) is 0 Å². The highest BCUT2D eigenvalue weighted by molar-refractivity contribution is 5.88. The van der Waals surface area contributed by atoms with E-state index < -0.39 is 6.04 Å². The molecule has 0 aliphatic carbocycles. The maximum absolute atomic E-state index is 13.1. The molecular weight excluding hydrogens is 368 g/mol. The SMILES string of the molecule is CC(C)CC(=O)NC(C(=O)N1CCCC(N2CCNCC2=O)C1)C(C)C.Cl. The fourth-order valence-electron chi connectivity index (χ4n) is 3.73. The second-order valence-electron chi connectivity index (χ2n) is 8.23. The number of piperazine rings is 1. The van der Waals surface area contributed by atoms with Crippen molar-refractivity contribution in [3.63, 3.8) is 0 Å². The summed E-state index contributed by atoms with van der Waals surface area (Å²) in [7, 11) is 0. The highest BCUT2D eigenvalue weighted by Gasteiger charge is 2.35.